The average molecular weight is 1640 g/mol. The van der Waals surface area contributed by atoms with Crippen LogP contribution in [-0.2, 0) is 0 Å². The van der Waals surface area contributed by atoms with Crippen LogP contribution in [0.2, 0.25) is 0 Å². The van der Waals surface area contributed by atoms with E-state index in [0.29, 0.717) is 0 Å². The first-order chi connectivity index (χ1) is 62.5. The summed E-state index contributed by atoms with van der Waals surface area (Å²) in [6, 6.07) is 177. The summed E-state index contributed by atoms with van der Waals surface area (Å²) >= 11 is 3.77. The molecule has 24 rings (SSSR count). The molecule has 4 aromatic heterocycles. The Kier molecular flexibility index (Phi) is 19.3. The zero-order chi connectivity index (χ0) is 83.4. The summed E-state index contributed by atoms with van der Waals surface area (Å²) in [7, 11) is 0. The lowest BCUT2D eigenvalue weighted by Crippen LogP contribution is -2.09. The van der Waals surface area contributed by atoms with Crippen LogP contribution >= 0.6 is 22.7 Å². The fraction of sp³-hybridized carbons (Fsp3) is 0. The van der Waals surface area contributed by atoms with Crippen molar-refractivity contribution in [1.29, 1.82) is 0 Å². The van der Waals surface area contributed by atoms with Crippen molar-refractivity contribution in [3.05, 3.63) is 485 Å². The summed E-state index contributed by atoms with van der Waals surface area (Å²) in [5.41, 5.74) is 33.1. The third-order valence-electron chi connectivity index (χ3n) is 24.8. The van der Waals surface area contributed by atoms with Crippen molar-refractivity contribution in [2.45, 2.75) is 0 Å². The van der Waals surface area contributed by atoms with E-state index < -0.39 is 0 Å². The Hall–Kier alpha value is -16.0. The molecule has 592 valence electrons. The van der Waals surface area contributed by atoms with Crippen molar-refractivity contribution < 1.29 is 0 Å². The van der Waals surface area contributed by atoms with Crippen molar-refractivity contribution in [2.75, 3.05) is 9.80 Å². The van der Waals surface area contributed by atoms with Gasteiger partial charge in [-0.2, -0.15) is 0 Å². The quantitative estimate of drug-likeness (QED) is 0.0959. The molecule has 0 amide bonds. The molecule has 4 heterocycles. The number of fused-ring (bicyclic) bond motifs is 12. The zero-order valence-corrected chi connectivity index (χ0v) is 70.4. The van der Waals surface area contributed by atoms with Crippen LogP contribution in [0.4, 0.5) is 34.1 Å². The van der Waals surface area contributed by atoms with Crippen LogP contribution in [0.15, 0.2) is 485 Å². The van der Waals surface area contributed by atoms with Crippen LogP contribution < -0.4 is 9.80 Å². The van der Waals surface area contributed by atoms with Crippen LogP contribution in [0.1, 0.15) is 0 Å². The maximum atomic E-state index is 2.41. The standard InChI is InChI=1S/2C60H40N2S/c1-4-14-41(15-5-1)43-24-31-49(32-25-43)61(50-33-26-44(27-34-50)42-16-6-2-7-17-42)51-35-28-45(29-36-51)47-39-54(60-56(40-47)53-21-11-13-23-59(53)63-60)46-30-37-58-55(38-46)52-20-10-12-22-57(52)62(58)48-18-8-3-9-19-48;1-3-13-41(14-4-1)43-23-31-48(32-24-43)61(49-33-25-44(26-34-49)42-15-5-2-6-16-42)50-35-27-45(28-36-50)47-39-55(60-56(40-47)54-19-9-12-22-59(54)63-60)46-29-37-51(38-30-46)62-57-20-10-7-17-52(57)53-18-8-11-21-58(53)62/h2*1-40H. The molecule has 0 saturated carbocycles. The Morgan fingerprint density at radius 1 is 0.151 bits per heavy atom. The minimum absolute atomic E-state index is 1.10. The van der Waals surface area contributed by atoms with E-state index in [0.717, 1.165) is 39.8 Å². The number of hydrogen-bond acceptors (Lipinski definition) is 4. The molecule has 0 aliphatic heterocycles. The van der Waals surface area contributed by atoms with Gasteiger partial charge in [0.1, 0.15) is 0 Å². The van der Waals surface area contributed by atoms with Crippen molar-refractivity contribution in [3.63, 3.8) is 0 Å². The topological polar surface area (TPSA) is 16.3 Å². The van der Waals surface area contributed by atoms with Gasteiger partial charge < -0.3 is 18.9 Å². The van der Waals surface area contributed by atoms with E-state index in [4.69, 9.17) is 0 Å². The average Bonchev–Trinajstić information content (AvgIpc) is 1.58. The summed E-state index contributed by atoms with van der Waals surface area (Å²) in [6.45, 7) is 0. The van der Waals surface area contributed by atoms with Crippen molar-refractivity contribution in [1.82, 2.24) is 9.13 Å². The molecule has 0 aliphatic carbocycles. The van der Waals surface area contributed by atoms with Gasteiger partial charge in [-0.05, 0) is 242 Å². The van der Waals surface area contributed by atoms with Gasteiger partial charge in [0.05, 0.1) is 22.1 Å². The minimum Gasteiger partial charge on any atom is -0.311 e. The van der Waals surface area contributed by atoms with Gasteiger partial charge in [-0.15, -0.1) is 22.7 Å². The summed E-state index contributed by atoms with van der Waals surface area (Å²) in [6.07, 6.45) is 0. The van der Waals surface area contributed by atoms with Crippen LogP contribution in [0.5, 0.6) is 0 Å². The third kappa shape index (κ3) is 13.9. The number of nitrogens with zero attached hydrogens (tertiary/aromatic N) is 4. The molecule has 0 atom stereocenters. The summed E-state index contributed by atoms with van der Waals surface area (Å²) in [4.78, 5) is 4.71. The molecular formula is C120H80N4S2. The first kappa shape index (κ1) is 75.0. The smallest absolute Gasteiger partial charge is 0.0541 e. The van der Waals surface area contributed by atoms with Crippen LogP contribution in [0.25, 0.3) is 184 Å². The summed E-state index contributed by atoms with van der Waals surface area (Å²) in [5, 5.41) is 10.2. The first-order valence-corrected chi connectivity index (χ1v) is 44.6. The van der Waals surface area contributed by atoms with E-state index in [-0.39, 0.29) is 0 Å². The van der Waals surface area contributed by atoms with Gasteiger partial charge in [-0.1, -0.05) is 322 Å². The van der Waals surface area contributed by atoms with E-state index in [1.165, 1.54) is 179 Å². The second kappa shape index (κ2) is 32.5. The highest BCUT2D eigenvalue weighted by Crippen LogP contribution is 2.49. The van der Waals surface area contributed by atoms with Crippen LogP contribution in [0.3, 0.4) is 0 Å². The number of benzene rings is 20. The third-order valence-corrected chi connectivity index (χ3v) is 27.3. The number of hydrogen-bond donors (Lipinski definition) is 0. The molecule has 4 nitrogen and oxygen atoms in total. The SMILES string of the molecule is c1ccc(-c2ccc(N(c3ccc(-c4ccccc4)cc3)c3ccc(-c4cc(-c5ccc(-n6c7ccccc7c7ccccc76)cc5)c5sc6ccccc6c5c4)cc3)cc2)cc1.c1ccc(-c2ccc(N(c3ccc(-c4ccccc4)cc3)c3ccc(-c4cc(-c5ccc6c(c5)c5ccccc5n6-c5ccccc5)c5sc6ccccc6c5c4)cc3)cc2)cc1. The molecule has 24 aromatic rings. The highest BCUT2D eigenvalue weighted by atomic mass is 32.1. The summed E-state index contributed by atoms with van der Waals surface area (Å²) in [5.74, 6) is 0. The monoisotopic (exact) mass is 1640 g/mol. The Balaban J connectivity index is 0.000000145. The second-order valence-electron chi connectivity index (χ2n) is 32.3. The lowest BCUT2D eigenvalue weighted by Gasteiger charge is -2.26. The number of aromatic nitrogens is 2. The van der Waals surface area contributed by atoms with Gasteiger partial charge in [0, 0.05) is 119 Å². The van der Waals surface area contributed by atoms with Gasteiger partial charge in [0.25, 0.3) is 0 Å². The van der Waals surface area contributed by atoms with E-state index in [1.807, 2.05) is 22.7 Å². The molecule has 0 unspecified atom stereocenters. The Morgan fingerprint density at radius 2 is 0.389 bits per heavy atom. The predicted octanol–water partition coefficient (Wildman–Crippen LogP) is 34.6. The van der Waals surface area contributed by atoms with Crippen molar-refractivity contribution in [3.8, 4) is 100 Å². The number of para-hydroxylation sites is 4. The summed E-state index contributed by atoms with van der Waals surface area (Å²) < 4.78 is 10.0. The van der Waals surface area contributed by atoms with Crippen LogP contribution in [0, 0.1) is 0 Å². The molecule has 0 fully saturated rings. The molecule has 0 aliphatic rings. The number of rotatable bonds is 16. The minimum atomic E-state index is 1.10. The Morgan fingerprint density at radius 3 is 0.738 bits per heavy atom. The maximum absolute atomic E-state index is 2.41. The van der Waals surface area contributed by atoms with Gasteiger partial charge in [0.2, 0.25) is 0 Å². The molecule has 0 saturated heterocycles. The number of thiophene rings is 2. The fourth-order valence-electron chi connectivity index (χ4n) is 18.6. The lowest BCUT2D eigenvalue weighted by molar-refractivity contribution is 1.18. The molecule has 126 heavy (non-hydrogen) atoms. The Bertz CT molecular complexity index is 7890. The highest BCUT2D eigenvalue weighted by molar-refractivity contribution is 7.26. The second-order valence-corrected chi connectivity index (χ2v) is 34.4. The Labute approximate surface area is 739 Å². The molecule has 0 bridgehead atoms. The maximum Gasteiger partial charge on any atom is 0.0541 e. The molecular weight excluding hydrogens is 1560 g/mol. The van der Waals surface area contributed by atoms with E-state index in [2.05, 4.69) is 504 Å². The molecule has 0 N–H and O–H groups in total. The van der Waals surface area contributed by atoms with Gasteiger partial charge in [-0.3, -0.25) is 0 Å². The molecule has 0 radical (unpaired) electrons. The van der Waals surface area contributed by atoms with Crippen molar-refractivity contribution in [2.24, 2.45) is 0 Å². The van der Waals surface area contributed by atoms with E-state index in [9.17, 15) is 0 Å². The predicted molar refractivity (Wildman–Crippen MR) is 540 cm³/mol. The van der Waals surface area contributed by atoms with Crippen LogP contribution in [-0.4, -0.2) is 9.13 Å². The highest BCUT2D eigenvalue weighted by Gasteiger charge is 2.23. The largest absolute Gasteiger partial charge is 0.311 e. The van der Waals surface area contributed by atoms with E-state index in [1.54, 1.807) is 0 Å². The lowest BCUT2D eigenvalue weighted by atomic mass is 9.95. The molecule has 20 aromatic carbocycles. The first-order valence-electron chi connectivity index (χ1n) is 43.0. The normalized spacial score (nSPS) is 11.5. The number of anilines is 6. The molecule has 0 spiro atoms. The van der Waals surface area contributed by atoms with Crippen molar-refractivity contribution >= 4 is 141 Å². The molecule has 6 heteroatoms. The van der Waals surface area contributed by atoms with E-state index >= 15 is 0 Å². The fourth-order valence-corrected chi connectivity index (χ4v) is 21.1. The van der Waals surface area contributed by atoms with Gasteiger partial charge >= 0.3 is 0 Å². The zero-order valence-electron chi connectivity index (χ0n) is 68.8. The van der Waals surface area contributed by atoms with Gasteiger partial charge in [-0.25, -0.2) is 0 Å². The van der Waals surface area contributed by atoms with Gasteiger partial charge in [0.15, 0.2) is 0 Å².